The minimum Gasteiger partial charge on any atom is -0.466 e. The Labute approximate surface area is 106 Å². The Hall–Kier alpha value is -1.000. The predicted octanol–water partition coefficient (Wildman–Crippen LogP) is 4.45. The van der Waals surface area contributed by atoms with E-state index in [1.54, 1.807) is 12.3 Å². The molecule has 0 fully saturated rings. The summed E-state index contributed by atoms with van der Waals surface area (Å²) in [5, 5.41) is 3.41. The van der Waals surface area contributed by atoms with Crippen LogP contribution in [0.4, 0.5) is 10.1 Å². The van der Waals surface area contributed by atoms with Gasteiger partial charge in [0.1, 0.15) is 11.6 Å². The molecule has 1 heterocycles. The first-order chi connectivity index (χ1) is 7.66. The van der Waals surface area contributed by atoms with Gasteiger partial charge in [-0.15, -0.1) is 0 Å². The van der Waals surface area contributed by atoms with Gasteiger partial charge < -0.3 is 9.73 Å². The Bertz CT molecular complexity index is 500. The second-order valence-electron chi connectivity index (χ2n) is 3.17. The van der Waals surface area contributed by atoms with Crippen LogP contribution in [-0.2, 0) is 6.54 Å². The summed E-state index contributed by atoms with van der Waals surface area (Å²) < 4.78 is 18.9. The highest BCUT2D eigenvalue weighted by atomic mass is 79.9. The quantitative estimate of drug-likeness (QED) is 0.906. The van der Waals surface area contributed by atoms with E-state index in [2.05, 4.69) is 21.2 Å². The third-order valence-corrected chi connectivity index (χ3v) is 3.08. The number of nitrogens with one attached hydrogen (secondary N) is 1. The number of benzene rings is 1. The summed E-state index contributed by atoms with van der Waals surface area (Å²) in [6.07, 6.45) is 1.59. The molecule has 0 aliphatic heterocycles. The lowest BCUT2D eigenvalue weighted by Gasteiger charge is -2.06. The minimum atomic E-state index is -0.352. The first-order valence-electron chi connectivity index (χ1n) is 4.57. The lowest BCUT2D eigenvalue weighted by Crippen LogP contribution is -1.99. The summed E-state index contributed by atoms with van der Waals surface area (Å²) in [6.45, 7) is 0.485. The number of halogens is 3. The normalized spacial score (nSPS) is 10.4. The van der Waals surface area contributed by atoms with Gasteiger partial charge in [-0.2, -0.15) is 0 Å². The van der Waals surface area contributed by atoms with Gasteiger partial charge >= 0.3 is 0 Å². The molecule has 1 aromatic carbocycles. The Balaban J connectivity index is 2.08. The van der Waals surface area contributed by atoms with E-state index in [1.165, 1.54) is 12.1 Å². The summed E-state index contributed by atoms with van der Waals surface area (Å²) in [5.41, 5.74) is 0.673. The second kappa shape index (κ2) is 4.89. The highest BCUT2D eigenvalue weighted by Gasteiger charge is 2.05. The third kappa shape index (κ3) is 2.57. The molecule has 0 aliphatic rings. The standard InChI is InChI=1S/C11H8BrClFNO/c12-8-3-4-16-11(8)6-15-10-2-1-7(14)5-9(10)13/h1-5,15H,6H2. The van der Waals surface area contributed by atoms with E-state index in [9.17, 15) is 4.39 Å². The van der Waals surface area contributed by atoms with E-state index in [4.69, 9.17) is 16.0 Å². The maximum absolute atomic E-state index is 12.8. The van der Waals surface area contributed by atoms with Crippen molar-refractivity contribution in [3.63, 3.8) is 0 Å². The number of anilines is 1. The fourth-order valence-corrected chi connectivity index (χ4v) is 1.84. The van der Waals surface area contributed by atoms with Gasteiger partial charge in [-0.05, 0) is 40.2 Å². The van der Waals surface area contributed by atoms with E-state index in [0.717, 1.165) is 10.2 Å². The zero-order chi connectivity index (χ0) is 11.5. The maximum atomic E-state index is 12.8. The molecule has 0 saturated carbocycles. The highest BCUT2D eigenvalue weighted by Crippen LogP contribution is 2.24. The number of hydrogen-bond acceptors (Lipinski definition) is 2. The molecule has 16 heavy (non-hydrogen) atoms. The fourth-order valence-electron chi connectivity index (χ4n) is 1.26. The van der Waals surface area contributed by atoms with Crippen molar-refractivity contribution >= 4 is 33.2 Å². The van der Waals surface area contributed by atoms with Gasteiger partial charge in [0.15, 0.2) is 0 Å². The van der Waals surface area contributed by atoms with Crippen molar-refractivity contribution < 1.29 is 8.81 Å². The lowest BCUT2D eigenvalue weighted by atomic mass is 10.3. The van der Waals surface area contributed by atoms with Gasteiger partial charge in [0.05, 0.1) is 28.0 Å². The molecule has 0 radical (unpaired) electrons. The molecule has 2 aromatic rings. The Morgan fingerprint density at radius 3 is 2.81 bits per heavy atom. The number of furan rings is 1. The van der Waals surface area contributed by atoms with Crippen LogP contribution in [0.5, 0.6) is 0 Å². The van der Waals surface area contributed by atoms with Crippen LogP contribution in [0.1, 0.15) is 5.76 Å². The maximum Gasteiger partial charge on any atom is 0.136 e. The average molecular weight is 305 g/mol. The lowest BCUT2D eigenvalue weighted by molar-refractivity contribution is 0.516. The largest absolute Gasteiger partial charge is 0.466 e. The second-order valence-corrected chi connectivity index (χ2v) is 4.43. The molecule has 0 spiro atoms. The number of rotatable bonds is 3. The van der Waals surface area contributed by atoms with Gasteiger partial charge in [-0.25, -0.2) is 4.39 Å². The fraction of sp³-hybridized carbons (Fsp3) is 0.0909. The first-order valence-corrected chi connectivity index (χ1v) is 5.74. The van der Waals surface area contributed by atoms with Crippen molar-refractivity contribution in [2.24, 2.45) is 0 Å². The van der Waals surface area contributed by atoms with Crippen molar-refractivity contribution in [2.75, 3.05) is 5.32 Å². The predicted molar refractivity (Wildman–Crippen MR) is 65.1 cm³/mol. The minimum absolute atomic E-state index is 0.350. The Morgan fingerprint density at radius 2 is 2.19 bits per heavy atom. The van der Waals surface area contributed by atoms with Crippen molar-refractivity contribution in [1.82, 2.24) is 0 Å². The van der Waals surface area contributed by atoms with E-state index in [1.807, 2.05) is 6.07 Å². The van der Waals surface area contributed by atoms with Crippen LogP contribution in [-0.4, -0.2) is 0 Å². The molecule has 0 bridgehead atoms. The molecule has 84 valence electrons. The molecule has 2 rings (SSSR count). The topological polar surface area (TPSA) is 25.2 Å². The molecule has 0 amide bonds. The summed E-state index contributed by atoms with van der Waals surface area (Å²) in [5.74, 6) is 0.412. The van der Waals surface area contributed by atoms with E-state index in [-0.39, 0.29) is 5.82 Å². The van der Waals surface area contributed by atoms with Gasteiger partial charge in [0.25, 0.3) is 0 Å². The van der Waals surface area contributed by atoms with E-state index in [0.29, 0.717) is 17.3 Å². The number of hydrogen-bond donors (Lipinski definition) is 1. The Morgan fingerprint density at radius 1 is 1.38 bits per heavy atom. The van der Waals surface area contributed by atoms with Crippen LogP contribution in [0.25, 0.3) is 0 Å². The summed E-state index contributed by atoms with van der Waals surface area (Å²) in [4.78, 5) is 0. The van der Waals surface area contributed by atoms with Crippen molar-refractivity contribution in [3.8, 4) is 0 Å². The van der Waals surface area contributed by atoms with Gasteiger partial charge in [-0.1, -0.05) is 11.6 Å². The zero-order valence-corrected chi connectivity index (χ0v) is 10.5. The molecule has 0 saturated heterocycles. The van der Waals surface area contributed by atoms with Crippen LogP contribution in [0.15, 0.2) is 39.4 Å². The zero-order valence-electron chi connectivity index (χ0n) is 8.14. The van der Waals surface area contributed by atoms with Crippen molar-refractivity contribution in [3.05, 3.63) is 51.6 Å². The van der Waals surface area contributed by atoms with Gasteiger partial charge in [0.2, 0.25) is 0 Å². The summed E-state index contributed by atoms with van der Waals surface area (Å²) >= 11 is 9.21. The van der Waals surface area contributed by atoms with Crippen LogP contribution in [0.2, 0.25) is 5.02 Å². The third-order valence-electron chi connectivity index (χ3n) is 2.06. The van der Waals surface area contributed by atoms with Crippen LogP contribution in [0.3, 0.4) is 0 Å². The summed E-state index contributed by atoms with van der Waals surface area (Å²) in [6, 6.07) is 6.02. The molecule has 0 atom stereocenters. The molecule has 2 nitrogen and oxygen atoms in total. The molecular weight excluding hydrogens is 296 g/mol. The SMILES string of the molecule is Fc1ccc(NCc2occc2Br)c(Cl)c1. The van der Waals surface area contributed by atoms with Crippen LogP contribution in [0, 0.1) is 5.82 Å². The van der Waals surface area contributed by atoms with Crippen LogP contribution < -0.4 is 5.32 Å². The highest BCUT2D eigenvalue weighted by molar-refractivity contribution is 9.10. The first kappa shape index (κ1) is 11.5. The van der Waals surface area contributed by atoms with Crippen molar-refractivity contribution in [1.29, 1.82) is 0 Å². The average Bonchev–Trinajstić information content (AvgIpc) is 2.63. The van der Waals surface area contributed by atoms with E-state index >= 15 is 0 Å². The van der Waals surface area contributed by atoms with Gasteiger partial charge in [-0.3, -0.25) is 0 Å². The smallest absolute Gasteiger partial charge is 0.136 e. The molecule has 0 unspecified atom stereocenters. The van der Waals surface area contributed by atoms with E-state index < -0.39 is 0 Å². The van der Waals surface area contributed by atoms with Gasteiger partial charge in [0, 0.05) is 0 Å². The summed E-state index contributed by atoms with van der Waals surface area (Å²) in [7, 11) is 0. The molecular formula is C11H8BrClFNO. The van der Waals surface area contributed by atoms with Crippen molar-refractivity contribution in [2.45, 2.75) is 6.54 Å². The monoisotopic (exact) mass is 303 g/mol. The van der Waals surface area contributed by atoms with Crippen LogP contribution >= 0.6 is 27.5 Å². The molecule has 0 aliphatic carbocycles. The Kier molecular flexibility index (Phi) is 3.51. The molecule has 5 heteroatoms. The molecule has 1 N–H and O–H groups in total. The molecule has 1 aromatic heterocycles.